The van der Waals surface area contributed by atoms with Gasteiger partial charge in [0.25, 0.3) is 0 Å². The van der Waals surface area contributed by atoms with Gasteiger partial charge in [-0.3, -0.25) is 4.98 Å². The Bertz CT molecular complexity index is 693. The van der Waals surface area contributed by atoms with Crippen molar-refractivity contribution < 1.29 is 4.74 Å². The van der Waals surface area contributed by atoms with Crippen LogP contribution in [0.4, 0.5) is 0 Å². The maximum atomic E-state index is 9.01. The third-order valence-corrected chi connectivity index (χ3v) is 2.58. The van der Waals surface area contributed by atoms with Crippen LogP contribution in [0, 0.1) is 23.2 Å². The lowest BCUT2D eigenvalue weighted by Crippen LogP contribution is -1.99. The van der Waals surface area contributed by atoms with Crippen molar-refractivity contribution >= 4 is 0 Å². The van der Waals surface area contributed by atoms with E-state index < -0.39 is 0 Å². The van der Waals surface area contributed by atoms with E-state index in [0.29, 0.717) is 24.5 Å². The molecule has 0 saturated heterocycles. The molecule has 2 N–H and O–H groups in total. The maximum Gasteiger partial charge on any atom is 0.139 e. The highest BCUT2D eigenvalue weighted by Gasteiger charge is 2.02. The first-order valence-electron chi connectivity index (χ1n) is 6.08. The molecule has 0 aliphatic carbocycles. The van der Waals surface area contributed by atoms with E-state index in [0.717, 1.165) is 11.1 Å². The van der Waals surface area contributed by atoms with Crippen molar-refractivity contribution in [2.75, 3.05) is 6.54 Å². The lowest BCUT2D eigenvalue weighted by Gasteiger charge is -2.07. The summed E-state index contributed by atoms with van der Waals surface area (Å²) < 4.78 is 5.64. The van der Waals surface area contributed by atoms with Crippen molar-refractivity contribution in [2.24, 2.45) is 5.73 Å². The van der Waals surface area contributed by atoms with Gasteiger partial charge in [0.15, 0.2) is 0 Å². The molecule has 4 nitrogen and oxygen atoms in total. The molecule has 2 rings (SSSR count). The van der Waals surface area contributed by atoms with Crippen LogP contribution in [0.1, 0.15) is 16.7 Å². The highest BCUT2D eigenvalue weighted by Crippen LogP contribution is 2.14. The van der Waals surface area contributed by atoms with Crippen LogP contribution >= 0.6 is 0 Å². The molecule has 4 heteroatoms. The third-order valence-electron chi connectivity index (χ3n) is 2.58. The molecule has 1 aromatic heterocycles. The van der Waals surface area contributed by atoms with E-state index in [1.54, 1.807) is 24.5 Å². The Morgan fingerprint density at radius 1 is 1.25 bits per heavy atom. The van der Waals surface area contributed by atoms with Crippen molar-refractivity contribution in [3.05, 3.63) is 59.4 Å². The number of aromatic nitrogens is 1. The van der Waals surface area contributed by atoms with Crippen LogP contribution in [0.2, 0.25) is 0 Å². The molecule has 1 aromatic carbocycles. The van der Waals surface area contributed by atoms with E-state index in [-0.39, 0.29) is 0 Å². The Balaban J connectivity index is 2.09. The van der Waals surface area contributed by atoms with Crippen LogP contribution in [0.25, 0.3) is 0 Å². The van der Waals surface area contributed by atoms with Crippen LogP contribution in [0.5, 0.6) is 5.75 Å². The quantitative estimate of drug-likeness (QED) is 0.858. The van der Waals surface area contributed by atoms with Gasteiger partial charge < -0.3 is 10.5 Å². The molecule has 0 bridgehead atoms. The van der Waals surface area contributed by atoms with Crippen molar-refractivity contribution in [2.45, 2.75) is 6.61 Å². The molecule has 0 unspecified atom stereocenters. The zero-order valence-electron chi connectivity index (χ0n) is 10.8. The van der Waals surface area contributed by atoms with Gasteiger partial charge in [-0.2, -0.15) is 5.26 Å². The average Bonchev–Trinajstić information content (AvgIpc) is 2.51. The van der Waals surface area contributed by atoms with Gasteiger partial charge in [-0.05, 0) is 12.1 Å². The fourth-order valence-electron chi connectivity index (χ4n) is 1.64. The SMILES string of the molecule is N#Cc1ccccc1COc1cncc(C#CCN)c1. The highest BCUT2D eigenvalue weighted by atomic mass is 16.5. The number of nitrogens with zero attached hydrogens (tertiary/aromatic N) is 2. The largest absolute Gasteiger partial charge is 0.487 e. The third kappa shape index (κ3) is 3.58. The number of nitriles is 1. The topological polar surface area (TPSA) is 71.9 Å². The highest BCUT2D eigenvalue weighted by molar-refractivity contribution is 5.39. The Morgan fingerprint density at radius 2 is 2.10 bits per heavy atom. The van der Waals surface area contributed by atoms with E-state index in [4.69, 9.17) is 15.7 Å². The zero-order valence-corrected chi connectivity index (χ0v) is 10.8. The van der Waals surface area contributed by atoms with Crippen molar-refractivity contribution in [1.82, 2.24) is 4.98 Å². The van der Waals surface area contributed by atoms with Gasteiger partial charge in [-0.25, -0.2) is 0 Å². The van der Waals surface area contributed by atoms with Crippen molar-refractivity contribution in [1.29, 1.82) is 5.26 Å². The Morgan fingerprint density at radius 3 is 2.90 bits per heavy atom. The van der Waals surface area contributed by atoms with E-state index in [1.807, 2.05) is 18.2 Å². The number of hydrogen-bond acceptors (Lipinski definition) is 4. The second kappa shape index (κ2) is 6.94. The predicted octanol–water partition coefficient (Wildman–Crippen LogP) is 1.84. The number of ether oxygens (including phenoxy) is 1. The lowest BCUT2D eigenvalue weighted by molar-refractivity contribution is 0.304. The minimum absolute atomic E-state index is 0.306. The summed E-state index contributed by atoms with van der Waals surface area (Å²) in [6.07, 6.45) is 3.27. The summed E-state index contributed by atoms with van der Waals surface area (Å²) >= 11 is 0. The predicted molar refractivity (Wildman–Crippen MR) is 75.7 cm³/mol. The van der Waals surface area contributed by atoms with E-state index in [1.165, 1.54) is 0 Å². The van der Waals surface area contributed by atoms with Gasteiger partial charge in [0.05, 0.1) is 24.4 Å². The monoisotopic (exact) mass is 263 g/mol. The minimum Gasteiger partial charge on any atom is -0.487 e. The Labute approximate surface area is 117 Å². The summed E-state index contributed by atoms with van der Waals surface area (Å²) in [5.74, 6) is 6.27. The van der Waals surface area contributed by atoms with E-state index in [2.05, 4.69) is 22.9 Å². The smallest absolute Gasteiger partial charge is 0.139 e. The maximum absolute atomic E-state index is 9.01. The van der Waals surface area contributed by atoms with Crippen molar-refractivity contribution in [3.8, 4) is 23.7 Å². The normalized spacial score (nSPS) is 9.20. The molecule has 0 aliphatic rings. The molecular weight excluding hydrogens is 250 g/mol. The first-order valence-corrected chi connectivity index (χ1v) is 6.08. The van der Waals surface area contributed by atoms with E-state index in [9.17, 15) is 0 Å². The summed E-state index contributed by atoms with van der Waals surface area (Å²) in [4.78, 5) is 4.06. The van der Waals surface area contributed by atoms with Gasteiger partial charge >= 0.3 is 0 Å². The average molecular weight is 263 g/mol. The molecule has 0 amide bonds. The number of nitrogens with two attached hydrogens (primary N) is 1. The first kappa shape index (κ1) is 13.6. The van der Waals surface area contributed by atoms with Gasteiger partial charge in [0.2, 0.25) is 0 Å². The van der Waals surface area contributed by atoms with Gasteiger partial charge in [-0.15, -0.1) is 0 Å². The minimum atomic E-state index is 0.306. The molecule has 20 heavy (non-hydrogen) atoms. The second-order valence-electron chi connectivity index (χ2n) is 3.97. The van der Waals surface area contributed by atoms with Crippen LogP contribution in [0.15, 0.2) is 42.7 Å². The van der Waals surface area contributed by atoms with Crippen molar-refractivity contribution in [3.63, 3.8) is 0 Å². The van der Waals surface area contributed by atoms with E-state index >= 15 is 0 Å². The summed E-state index contributed by atoms with van der Waals surface area (Å²) in [5, 5.41) is 9.01. The van der Waals surface area contributed by atoms with Crippen LogP contribution in [0.3, 0.4) is 0 Å². The van der Waals surface area contributed by atoms with Crippen LogP contribution in [-0.2, 0) is 6.61 Å². The molecule has 0 fully saturated rings. The number of hydrogen-bond donors (Lipinski definition) is 1. The Hall–Kier alpha value is -2.82. The second-order valence-corrected chi connectivity index (χ2v) is 3.97. The molecule has 0 atom stereocenters. The van der Waals surface area contributed by atoms with Crippen LogP contribution in [-0.4, -0.2) is 11.5 Å². The molecular formula is C16H13N3O. The molecule has 1 heterocycles. The Kier molecular flexibility index (Phi) is 4.72. The molecule has 0 aliphatic heterocycles. The molecule has 98 valence electrons. The summed E-state index contributed by atoms with van der Waals surface area (Å²) in [6, 6.07) is 11.3. The first-order chi connectivity index (χ1) is 9.83. The van der Waals surface area contributed by atoms with Gasteiger partial charge in [0, 0.05) is 17.3 Å². The van der Waals surface area contributed by atoms with Gasteiger partial charge in [-0.1, -0.05) is 30.0 Å². The van der Waals surface area contributed by atoms with Gasteiger partial charge in [0.1, 0.15) is 12.4 Å². The number of rotatable bonds is 3. The lowest BCUT2D eigenvalue weighted by atomic mass is 10.1. The molecule has 0 spiro atoms. The molecule has 0 saturated carbocycles. The fraction of sp³-hybridized carbons (Fsp3) is 0.125. The number of benzene rings is 1. The summed E-state index contributed by atoms with van der Waals surface area (Å²) in [7, 11) is 0. The standard InChI is InChI=1S/C16H13N3O/c17-7-3-4-13-8-16(11-19-10-13)20-12-15-6-2-1-5-14(15)9-18/h1-2,5-6,8,10-11H,7,12,17H2. The number of pyridine rings is 1. The van der Waals surface area contributed by atoms with Crippen LogP contribution < -0.4 is 10.5 Å². The summed E-state index contributed by atoms with van der Waals surface area (Å²) in [5.41, 5.74) is 7.53. The summed E-state index contributed by atoms with van der Waals surface area (Å²) in [6.45, 7) is 0.625. The fourth-order valence-corrected chi connectivity index (χ4v) is 1.64. The molecule has 2 aromatic rings. The zero-order chi connectivity index (χ0) is 14.2. The molecule has 0 radical (unpaired) electrons.